The Labute approximate surface area is 113 Å². The molecule has 0 aromatic heterocycles. The van der Waals surface area contributed by atoms with Crippen molar-refractivity contribution in [3.05, 3.63) is 0 Å². The largest absolute Gasteiger partial charge is 0.385 e. The number of hydrogen-bond acceptors (Lipinski definition) is 2. The summed E-state index contributed by atoms with van der Waals surface area (Å²) < 4.78 is 5.13. The molecular weight excluding hydrogens is 222 g/mol. The summed E-state index contributed by atoms with van der Waals surface area (Å²) >= 11 is 0. The fourth-order valence-electron chi connectivity index (χ4n) is 4.04. The molecule has 2 rings (SSSR count). The van der Waals surface area contributed by atoms with Gasteiger partial charge in [-0.1, -0.05) is 44.9 Å². The van der Waals surface area contributed by atoms with Gasteiger partial charge in [-0.05, 0) is 37.6 Å². The highest BCUT2D eigenvalue weighted by Crippen LogP contribution is 2.38. The van der Waals surface area contributed by atoms with E-state index in [1.165, 1.54) is 57.8 Å². The SMILES string of the molecule is COCCCNC1CCCCC1C1CCCCC1. The molecule has 2 nitrogen and oxygen atoms in total. The molecule has 0 saturated heterocycles. The maximum absolute atomic E-state index is 5.13. The normalized spacial score (nSPS) is 30.5. The van der Waals surface area contributed by atoms with Gasteiger partial charge in [0.1, 0.15) is 0 Å². The van der Waals surface area contributed by atoms with E-state index >= 15 is 0 Å². The molecule has 0 spiro atoms. The Bertz CT molecular complexity index is 213. The average molecular weight is 253 g/mol. The lowest BCUT2D eigenvalue weighted by atomic mass is 9.71. The standard InChI is InChI=1S/C16H31NO/c1-18-13-7-12-17-16-11-6-5-10-15(16)14-8-3-2-4-9-14/h14-17H,2-13H2,1H3. The van der Waals surface area contributed by atoms with Crippen LogP contribution in [0, 0.1) is 11.8 Å². The van der Waals surface area contributed by atoms with Gasteiger partial charge in [0, 0.05) is 19.8 Å². The maximum atomic E-state index is 5.13. The molecule has 18 heavy (non-hydrogen) atoms. The highest BCUT2D eigenvalue weighted by molar-refractivity contribution is 4.86. The van der Waals surface area contributed by atoms with E-state index in [1.54, 1.807) is 7.11 Å². The smallest absolute Gasteiger partial charge is 0.0474 e. The van der Waals surface area contributed by atoms with Gasteiger partial charge in [-0.15, -0.1) is 0 Å². The number of nitrogens with one attached hydrogen (secondary N) is 1. The molecule has 2 aliphatic carbocycles. The van der Waals surface area contributed by atoms with Crippen molar-refractivity contribution in [3.63, 3.8) is 0 Å². The number of ether oxygens (including phenoxy) is 1. The van der Waals surface area contributed by atoms with E-state index < -0.39 is 0 Å². The molecule has 2 atom stereocenters. The molecule has 106 valence electrons. The summed E-state index contributed by atoms with van der Waals surface area (Å²) in [6.07, 6.45) is 14.4. The molecule has 0 aliphatic heterocycles. The lowest BCUT2D eigenvalue weighted by molar-refractivity contribution is 0.144. The van der Waals surface area contributed by atoms with Crippen LogP contribution in [0.25, 0.3) is 0 Å². The van der Waals surface area contributed by atoms with E-state index in [-0.39, 0.29) is 0 Å². The summed E-state index contributed by atoms with van der Waals surface area (Å²) in [5.74, 6) is 2.00. The molecule has 0 heterocycles. The van der Waals surface area contributed by atoms with E-state index in [9.17, 15) is 0 Å². The maximum Gasteiger partial charge on any atom is 0.0474 e. The molecule has 2 fully saturated rings. The minimum atomic E-state index is 0.804. The molecule has 2 aliphatic rings. The van der Waals surface area contributed by atoms with Gasteiger partial charge in [-0.2, -0.15) is 0 Å². The van der Waals surface area contributed by atoms with Gasteiger partial charge >= 0.3 is 0 Å². The first kappa shape index (κ1) is 14.3. The van der Waals surface area contributed by atoms with Crippen LogP contribution in [0.2, 0.25) is 0 Å². The van der Waals surface area contributed by atoms with Crippen LogP contribution in [0.4, 0.5) is 0 Å². The van der Waals surface area contributed by atoms with Crippen molar-refractivity contribution >= 4 is 0 Å². The molecule has 0 bridgehead atoms. The van der Waals surface area contributed by atoms with Crippen LogP contribution in [-0.2, 0) is 4.74 Å². The third kappa shape index (κ3) is 4.24. The van der Waals surface area contributed by atoms with Crippen molar-refractivity contribution in [1.82, 2.24) is 5.32 Å². The van der Waals surface area contributed by atoms with Gasteiger partial charge in [-0.25, -0.2) is 0 Å². The molecular formula is C16H31NO. The van der Waals surface area contributed by atoms with E-state index in [2.05, 4.69) is 5.32 Å². The molecule has 2 heteroatoms. The van der Waals surface area contributed by atoms with Crippen LogP contribution in [0.3, 0.4) is 0 Å². The Kier molecular flexibility index (Phi) is 6.50. The fraction of sp³-hybridized carbons (Fsp3) is 1.00. The molecule has 0 aromatic rings. The Hall–Kier alpha value is -0.0800. The third-order valence-corrected chi connectivity index (χ3v) is 5.01. The first-order chi connectivity index (χ1) is 8.92. The summed E-state index contributed by atoms with van der Waals surface area (Å²) in [4.78, 5) is 0. The zero-order valence-electron chi connectivity index (χ0n) is 12.1. The Balaban J connectivity index is 1.77. The van der Waals surface area contributed by atoms with Gasteiger partial charge in [0.2, 0.25) is 0 Å². The van der Waals surface area contributed by atoms with Crippen LogP contribution in [-0.4, -0.2) is 26.3 Å². The molecule has 0 radical (unpaired) electrons. The quantitative estimate of drug-likeness (QED) is 0.728. The first-order valence-electron chi connectivity index (χ1n) is 8.14. The molecule has 1 N–H and O–H groups in total. The Morgan fingerprint density at radius 2 is 1.67 bits per heavy atom. The number of methoxy groups -OCH3 is 1. The number of hydrogen-bond donors (Lipinski definition) is 1. The topological polar surface area (TPSA) is 21.3 Å². The fourth-order valence-corrected chi connectivity index (χ4v) is 4.04. The van der Waals surface area contributed by atoms with Crippen molar-refractivity contribution < 1.29 is 4.74 Å². The summed E-state index contributed by atoms with van der Waals surface area (Å²) in [6, 6.07) is 0.804. The molecule has 0 aromatic carbocycles. The highest BCUT2D eigenvalue weighted by atomic mass is 16.5. The predicted molar refractivity (Wildman–Crippen MR) is 76.8 cm³/mol. The third-order valence-electron chi connectivity index (χ3n) is 5.01. The number of rotatable bonds is 6. The second-order valence-electron chi connectivity index (χ2n) is 6.25. The Morgan fingerprint density at radius 3 is 2.44 bits per heavy atom. The Morgan fingerprint density at radius 1 is 0.944 bits per heavy atom. The van der Waals surface area contributed by atoms with Crippen molar-refractivity contribution in [1.29, 1.82) is 0 Å². The first-order valence-corrected chi connectivity index (χ1v) is 8.14. The monoisotopic (exact) mass is 253 g/mol. The van der Waals surface area contributed by atoms with E-state index in [1.807, 2.05) is 0 Å². The van der Waals surface area contributed by atoms with E-state index in [4.69, 9.17) is 4.74 Å². The lowest BCUT2D eigenvalue weighted by Crippen LogP contribution is -2.43. The van der Waals surface area contributed by atoms with Gasteiger partial charge in [0.05, 0.1) is 0 Å². The van der Waals surface area contributed by atoms with Crippen molar-refractivity contribution in [2.75, 3.05) is 20.3 Å². The van der Waals surface area contributed by atoms with Crippen molar-refractivity contribution in [2.45, 2.75) is 70.3 Å². The minimum absolute atomic E-state index is 0.804. The van der Waals surface area contributed by atoms with Crippen molar-refractivity contribution in [2.24, 2.45) is 11.8 Å². The minimum Gasteiger partial charge on any atom is -0.385 e. The van der Waals surface area contributed by atoms with Crippen LogP contribution in [0.1, 0.15) is 64.2 Å². The summed E-state index contributed by atoms with van der Waals surface area (Å²) in [7, 11) is 1.80. The van der Waals surface area contributed by atoms with Gasteiger partial charge in [-0.3, -0.25) is 0 Å². The van der Waals surface area contributed by atoms with Gasteiger partial charge in [0.25, 0.3) is 0 Å². The summed E-state index contributed by atoms with van der Waals surface area (Å²) in [5.41, 5.74) is 0. The molecule has 2 unspecified atom stereocenters. The van der Waals surface area contributed by atoms with Gasteiger partial charge in [0.15, 0.2) is 0 Å². The second kappa shape index (κ2) is 8.16. The highest BCUT2D eigenvalue weighted by Gasteiger charge is 2.31. The second-order valence-corrected chi connectivity index (χ2v) is 6.25. The van der Waals surface area contributed by atoms with E-state index in [0.29, 0.717) is 0 Å². The van der Waals surface area contributed by atoms with Gasteiger partial charge < -0.3 is 10.1 Å². The average Bonchev–Trinajstić information content (AvgIpc) is 2.45. The predicted octanol–water partition coefficient (Wildman–Crippen LogP) is 3.75. The van der Waals surface area contributed by atoms with Crippen LogP contribution < -0.4 is 5.32 Å². The van der Waals surface area contributed by atoms with Crippen LogP contribution in [0.15, 0.2) is 0 Å². The van der Waals surface area contributed by atoms with Crippen LogP contribution in [0.5, 0.6) is 0 Å². The molecule has 0 amide bonds. The summed E-state index contributed by atoms with van der Waals surface area (Å²) in [5, 5.41) is 3.82. The van der Waals surface area contributed by atoms with Crippen LogP contribution >= 0.6 is 0 Å². The zero-order chi connectivity index (χ0) is 12.6. The lowest BCUT2D eigenvalue weighted by Gasteiger charge is -2.39. The summed E-state index contributed by atoms with van der Waals surface area (Å²) in [6.45, 7) is 2.04. The molecule has 2 saturated carbocycles. The zero-order valence-corrected chi connectivity index (χ0v) is 12.1. The van der Waals surface area contributed by atoms with E-state index in [0.717, 1.165) is 37.5 Å². The van der Waals surface area contributed by atoms with Crippen molar-refractivity contribution in [3.8, 4) is 0 Å².